The number of hydrogen-bond donors (Lipinski definition) is 2. The van der Waals surface area contributed by atoms with Gasteiger partial charge in [0.2, 0.25) is 5.91 Å². The topological polar surface area (TPSA) is 84.7 Å². The summed E-state index contributed by atoms with van der Waals surface area (Å²) in [6.07, 6.45) is 0.825. The molecule has 3 N–H and O–H groups in total. The molecular weight excluding hydrogens is 270 g/mol. The third-order valence-corrected chi connectivity index (χ3v) is 4.01. The summed E-state index contributed by atoms with van der Waals surface area (Å²) in [5, 5.41) is 3.20. The van der Waals surface area contributed by atoms with E-state index < -0.39 is 12.0 Å². The monoisotopic (exact) mass is 289 g/mol. The van der Waals surface area contributed by atoms with Crippen LogP contribution >= 0.6 is 0 Å². The van der Waals surface area contributed by atoms with Gasteiger partial charge in [-0.05, 0) is 24.6 Å². The van der Waals surface area contributed by atoms with Crippen LogP contribution in [0.1, 0.15) is 12.0 Å². The summed E-state index contributed by atoms with van der Waals surface area (Å²) in [6.45, 7) is 1.49. The summed E-state index contributed by atoms with van der Waals surface area (Å²) >= 11 is 0. The lowest BCUT2D eigenvalue weighted by atomic mass is 10.1. The molecule has 1 aromatic rings. The summed E-state index contributed by atoms with van der Waals surface area (Å²) in [7, 11) is 0. The van der Waals surface area contributed by atoms with E-state index in [2.05, 4.69) is 5.32 Å². The number of carbonyl (C=O) groups excluding carboxylic acids is 2. The molecule has 2 aliphatic heterocycles. The highest BCUT2D eigenvalue weighted by atomic mass is 16.5. The number of nitrogens with two attached hydrogens (primary N) is 1. The highest BCUT2D eigenvalue weighted by molar-refractivity contribution is 5.87. The van der Waals surface area contributed by atoms with E-state index in [-0.39, 0.29) is 18.5 Å². The molecule has 0 aliphatic carbocycles. The molecule has 1 saturated heterocycles. The van der Waals surface area contributed by atoms with Crippen molar-refractivity contribution < 1.29 is 14.3 Å². The highest BCUT2D eigenvalue weighted by Crippen LogP contribution is 2.29. The molecule has 0 saturated carbocycles. The number of rotatable bonds is 4. The van der Waals surface area contributed by atoms with Crippen LogP contribution in [0.3, 0.4) is 0 Å². The molecule has 0 spiro atoms. The number of hydrogen-bond acceptors (Lipinski definition) is 4. The van der Waals surface area contributed by atoms with E-state index in [4.69, 9.17) is 10.5 Å². The number of amides is 2. The molecule has 21 heavy (non-hydrogen) atoms. The van der Waals surface area contributed by atoms with Crippen LogP contribution in [-0.2, 0) is 16.0 Å². The average molecular weight is 289 g/mol. The lowest BCUT2D eigenvalue weighted by molar-refractivity contribution is -0.142. The maximum absolute atomic E-state index is 12.7. The second kappa shape index (κ2) is 5.73. The molecule has 1 aromatic carbocycles. The molecule has 2 amide bonds. The molecule has 2 heterocycles. The van der Waals surface area contributed by atoms with Crippen molar-refractivity contribution in [2.75, 3.05) is 19.6 Å². The van der Waals surface area contributed by atoms with Crippen molar-refractivity contribution in [3.8, 4) is 5.75 Å². The van der Waals surface area contributed by atoms with Crippen LogP contribution in [-0.4, -0.2) is 48.5 Å². The number of nitrogens with one attached hydrogen (secondary N) is 1. The molecule has 2 atom stereocenters. The van der Waals surface area contributed by atoms with Gasteiger partial charge in [-0.1, -0.05) is 18.2 Å². The number of primary amides is 1. The Morgan fingerprint density at radius 3 is 2.86 bits per heavy atom. The van der Waals surface area contributed by atoms with Crippen LogP contribution in [0.5, 0.6) is 5.75 Å². The molecule has 0 aromatic heterocycles. The smallest absolute Gasteiger partial charge is 0.264 e. The number of carbonyl (C=O) groups is 2. The number of benzene rings is 1. The fourth-order valence-corrected chi connectivity index (χ4v) is 2.97. The molecule has 2 unspecified atom stereocenters. The lowest BCUT2D eigenvalue weighted by Crippen LogP contribution is -2.51. The quantitative estimate of drug-likeness (QED) is 0.794. The van der Waals surface area contributed by atoms with E-state index in [0.717, 1.165) is 24.3 Å². The highest BCUT2D eigenvalue weighted by Gasteiger charge is 2.36. The second-order valence-corrected chi connectivity index (χ2v) is 5.50. The zero-order valence-electron chi connectivity index (χ0n) is 11.7. The van der Waals surface area contributed by atoms with E-state index in [9.17, 15) is 9.59 Å². The Morgan fingerprint density at radius 2 is 2.19 bits per heavy atom. The number of fused-ring (bicyclic) bond motifs is 1. The van der Waals surface area contributed by atoms with Crippen molar-refractivity contribution in [2.24, 2.45) is 5.73 Å². The predicted octanol–water partition coefficient (Wildman–Crippen LogP) is -0.334. The Bertz CT molecular complexity index is 530. The minimum atomic E-state index is -0.553. The van der Waals surface area contributed by atoms with Gasteiger partial charge in [0.1, 0.15) is 5.75 Å². The van der Waals surface area contributed by atoms with Crippen LogP contribution in [0.2, 0.25) is 0 Å². The normalized spacial score (nSPS) is 23.4. The van der Waals surface area contributed by atoms with Gasteiger partial charge in [0.05, 0.1) is 6.54 Å². The Labute approximate surface area is 123 Å². The van der Waals surface area contributed by atoms with Crippen LogP contribution < -0.4 is 15.8 Å². The number of nitrogens with zero attached hydrogens (tertiary/aromatic N) is 1. The van der Waals surface area contributed by atoms with Crippen molar-refractivity contribution in [1.29, 1.82) is 0 Å². The first kappa shape index (κ1) is 13.9. The molecule has 0 radical (unpaired) electrons. The van der Waals surface area contributed by atoms with Crippen molar-refractivity contribution >= 4 is 11.8 Å². The van der Waals surface area contributed by atoms with Gasteiger partial charge in [-0.3, -0.25) is 9.59 Å². The fraction of sp³-hybridized carbons (Fsp3) is 0.467. The fourth-order valence-electron chi connectivity index (χ4n) is 2.97. The second-order valence-electron chi connectivity index (χ2n) is 5.50. The first-order valence-corrected chi connectivity index (χ1v) is 7.19. The van der Waals surface area contributed by atoms with E-state index >= 15 is 0 Å². The minimum Gasteiger partial charge on any atom is -0.480 e. The molecule has 0 bridgehead atoms. The summed E-state index contributed by atoms with van der Waals surface area (Å²) < 4.78 is 5.73. The molecular formula is C15H19N3O3. The summed E-state index contributed by atoms with van der Waals surface area (Å²) in [5.41, 5.74) is 6.31. The van der Waals surface area contributed by atoms with E-state index in [1.807, 2.05) is 24.3 Å². The Morgan fingerprint density at radius 1 is 1.38 bits per heavy atom. The lowest BCUT2D eigenvalue weighted by Gasteiger charge is -2.29. The SMILES string of the molecule is NC(=O)CN(C(=O)C1Cc2ccccc2O1)C1CCNC1. The van der Waals surface area contributed by atoms with Crippen molar-refractivity contribution in [2.45, 2.75) is 25.0 Å². The number of ether oxygens (including phenoxy) is 1. The zero-order valence-corrected chi connectivity index (χ0v) is 11.7. The Balaban J connectivity index is 1.74. The van der Waals surface area contributed by atoms with Gasteiger partial charge in [-0.25, -0.2) is 0 Å². The van der Waals surface area contributed by atoms with Gasteiger partial charge in [-0.2, -0.15) is 0 Å². The van der Waals surface area contributed by atoms with Crippen LogP contribution in [0, 0.1) is 0 Å². The molecule has 6 nitrogen and oxygen atoms in total. The first-order valence-electron chi connectivity index (χ1n) is 7.19. The molecule has 1 fully saturated rings. The third-order valence-electron chi connectivity index (χ3n) is 4.01. The van der Waals surface area contributed by atoms with E-state index in [1.165, 1.54) is 0 Å². The van der Waals surface area contributed by atoms with Crippen molar-refractivity contribution in [1.82, 2.24) is 10.2 Å². The molecule has 2 aliphatic rings. The van der Waals surface area contributed by atoms with Crippen molar-refractivity contribution in [3.63, 3.8) is 0 Å². The van der Waals surface area contributed by atoms with Crippen LogP contribution in [0.4, 0.5) is 0 Å². The standard InChI is InChI=1S/C15H19N3O3/c16-14(19)9-18(11-5-6-17-8-11)15(20)13-7-10-3-1-2-4-12(10)21-13/h1-4,11,13,17H,5-9H2,(H2,16,19). The summed E-state index contributed by atoms with van der Waals surface area (Å²) in [5.74, 6) is 0.101. The Hall–Kier alpha value is -2.08. The summed E-state index contributed by atoms with van der Waals surface area (Å²) in [6, 6.07) is 7.64. The maximum atomic E-state index is 12.7. The Kier molecular flexibility index (Phi) is 3.79. The van der Waals surface area contributed by atoms with Gasteiger partial charge in [0.25, 0.3) is 5.91 Å². The van der Waals surface area contributed by atoms with Crippen molar-refractivity contribution in [3.05, 3.63) is 29.8 Å². The van der Waals surface area contributed by atoms with Gasteiger partial charge < -0.3 is 20.7 Å². The average Bonchev–Trinajstić information content (AvgIpc) is 3.12. The van der Waals surface area contributed by atoms with Crippen LogP contribution in [0.25, 0.3) is 0 Å². The first-order chi connectivity index (χ1) is 10.1. The van der Waals surface area contributed by atoms with E-state index in [0.29, 0.717) is 13.0 Å². The third kappa shape index (κ3) is 2.85. The van der Waals surface area contributed by atoms with Gasteiger partial charge in [0, 0.05) is 19.0 Å². The minimum absolute atomic E-state index is 0.0114. The molecule has 6 heteroatoms. The molecule has 3 rings (SSSR count). The van der Waals surface area contributed by atoms with E-state index in [1.54, 1.807) is 4.90 Å². The zero-order chi connectivity index (χ0) is 14.8. The predicted molar refractivity (Wildman–Crippen MR) is 76.7 cm³/mol. The van der Waals surface area contributed by atoms with Gasteiger partial charge in [0.15, 0.2) is 6.10 Å². The summed E-state index contributed by atoms with van der Waals surface area (Å²) in [4.78, 5) is 25.5. The maximum Gasteiger partial charge on any atom is 0.264 e. The van der Waals surface area contributed by atoms with Gasteiger partial charge >= 0.3 is 0 Å². The number of para-hydroxylation sites is 1. The van der Waals surface area contributed by atoms with Gasteiger partial charge in [-0.15, -0.1) is 0 Å². The van der Waals surface area contributed by atoms with Crippen LogP contribution in [0.15, 0.2) is 24.3 Å². The molecule has 112 valence electrons. The largest absolute Gasteiger partial charge is 0.480 e.